The lowest BCUT2D eigenvalue weighted by Gasteiger charge is -2.26. The Hall–Kier alpha value is -7.16. The van der Waals surface area contributed by atoms with E-state index in [1.807, 2.05) is 12.2 Å². The van der Waals surface area contributed by atoms with E-state index in [9.17, 15) is 0 Å². The van der Waals surface area contributed by atoms with E-state index in [4.69, 9.17) is 0 Å². The predicted octanol–water partition coefficient (Wildman–Crippen LogP) is 15.5. The molecule has 10 aromatic rings. The Morgan fingerprint density at radius 1 is 0.350 bits per heavy atom. The standard InChI is InChI=1S/C58H48N2/c1-7-39-23-27-43(28-24-39)57(3,4)45-31-33-55-51(37-45)49-19-9-11-21-53(49)59(55)47-17-13-15-41(35-47)42-16-14-18-48(36-42)60-54-22-12-10-20-50(54)52-38-46(32-34-56(52)60)58(5,6)44-29-25-40(8-2)26-30-44/h7-38H,1-2H2,3-6H3. The highest BCUT2D eigenvalue weighted by Gasteiger charge is 2.26. The molecule has 10 rings (SSSR count). The van der Waals surface area contributed by atoms with Crippen LogP contribution < -0.4 is 0 Å². The molecule has 8 aromatic carbocycles. The highest BCUT2D eigenvalue weighted by atomic mass is 15.0. The average Bonchev–Trinajstić information content (AvgIpc) is 3.81. The molecule has 2 nitrogen and oxygen atoms in total. The van der Waals surface area contributed by atoms with Gasteiger partial charge in [0.1, 0.15) is 0 Å². The molecule has 0 fully saturated rings. The summed E-state index contributed by atoms with van der Waals surface area (Å²) in [6.07, 6.45) is 3.80. The first-order chi connectivity index (χ1) is 29.1. The minimum atomic E-state index is -0.171. The van der Waals surface area contributed by atoms with Crippen molar-refractivity contribution in [3.05, 3.63) is 229 Å². The molecule has 0 N–H and O–H groups in total. The fourth-order valence-electron chi connectivity index (χ4n) is 9.33. The van der Waals surface area contributed by atoms with E-state index in [1.54, 1.807) is 0 Å². The third kappa shape index (κ3) is 6.02. The summed E-state index contributed by atoms with van der Waals surface area (Å²) in [4.78, 5) is 0. The van der Waals surface area contributed by atoms with Crippen molar-refractivity contribution in [2.75, 3.05) is 0 Å². The molecule has 0 aliphatic heterocycles. The first-order valence-electron chi connectivity index (χ1n) is 20.9. The SMILES string of the molecule is C=Cc1ccc(C(C)(C)c2ccc3c(c2)c2ccccc2n3-c2cccc(-c3cccc(-n4c5ccccc5c5cc(C(C)(C)c6ccc(C=C)cc6)ccc54)c3)c2)cc1. The molecule has 0 unspecified atom stereocenters. The Morgan fingerprint density at radius 2 is 0.717 bits per heavy atom. The van der Waals surface area contributed by atoms with Gasteiger partial charge in [-0.3, -0.25) is 0 Å². The first kappa shape index (κ1) is 37.1. The Balaban J connectivity index is 1.05. The van der Waals surface area contributed by atoms with Crippen LogP contribution >= 0.6 is 0 Å². The lowest BCUT2D eigenvalue weighted by Crippen LogP contribution is -2.18. The van der Waals surface area contributed by atoms with E-state index in [0.717, 1.165) is 22.5 Å². The van der Waals surface area contributed by atoms with Gasteiger partial charge in [0.05, 0.1) is 22.1 Å². The summed E-state index contributed by atoms with van der Waals surface area (Å²) in [5.74, 6) is 0. The maximum atomic E-state index is 3.94. The Bertz CT molecular complexity index is 3050. The lowest BCUT2D eigenvalue weighted by atomic mass is 9.77. The highest BCUT2D eigenvalue weighted by Crippen LogP contribution is 2.41. The smallest absolute Gasteiger partial charge is 0.0541 e. The number of aromatic nitrogens is 2. The van der Waals surface area contributed by atoms with Crippen LogP contribution in [0.15, 0.2) is 195 Å². The second-order valence-electron chi connectivity index (χ2n) is 17.2. The van der Waals surface area contributed by atoms with Crippen molar-refractivity contribution in [3.8, 4) is 22.5 Å². The maximum absolute atomic E-state index is 3.94. The normalized spacial score (nSPS) is 12.1. The second kappa shape index (κ2) is 14.3. The van der Waals surface area contributed by atoms with E-state index >= 15 is 0 Å². The van der Waals surface area contributed by atoms with Crippen LogP contribution in [0.3, 0.4) is 0 Å². The zero-order valence-electron chi connectivity index (χ0n) is 34.8. The summed E-state index contributed by atoms with van der Waals surface area (Å²) in [5, 5.41) is 5.02. The zero-order chi connectivity index (χ0) is 41.2. The van der Waals surface area contributed by atoms with Gasteiger partial charge in [0.25, 0.3) is 0 Å². The van der Waals surface area contributed by atoms with Crippen LogP contribution in [0.2, 0.25) is 0 Å². The molecule has 60 heavy (non-hydrogen) atoms. The summed E-state index contributed by atoms with van der Waals surface area (Å²) in [6, 6.07) is 67.2. The predicted molar refractivity (Wildman–Crippen MR) is 258 cm³/mol. The number of para-hydroxylation sites is 2. The highest BCUT2D eigenvalue weighted by molar-refractivity contribution is 6.10. The van der Waals surface area contributed by atoms with E-state index < -0.39 is 0 Å². The van der Waals surface area contributed by atoms with E-state index in [-0.39, 0.29) is 10.8 Å². The minimum absolute atomic E-state index is 0.171. The molecule has 0 radical (unpaired) electrons. The molecule has 0 atom stereocenters. The van der Waals surface area contributed by atoms with Crippen LogP contribution in [0.4, 0.5) is 0 Å². The molecule has 0 aliphatic rings. The summed E-state index contributed by atoms with van der Waals surface area (Å²) >= 11 is 0. The quantitative estimate of drug-likeness (QED) is 0.138. The molecule has 0 amide bonds. The third-order valence-electron chi connectivity index (χ3n) is 13.1. The lowest BCUT2D eigenvalue weighted by molar-refractivity contribution is 0.641. The fraction of sp³-hybridized carbons (Fsp3) is 0.103. The fourth-order valence-corrected chi connectivity index (χ4v) is 9.33. The zero-order valence-corrected chi connectivity index (χ0v) is 34.8. The van der Waals surface area contributed by atoms with Crippen LogP contribution in [0.25, 0.3) is 78.3 Å². The molecule has 0 aliphatic carbocycles. The summed E-state index contributed by atoms with van der Waals surface area (Å²) in [7, 11) is 0. The van der Waals surface area contributed by atoms with Gasteiger partial charge in [0, 0.05) is 43.7 Å². The molecular formula is C58H48N2. The van der Waals surface area contributed by atoms with Crippen molar-refractivity contribution in [1.82, 2.24) is 9.13 Å². The van der Waals surface area contributed by atoms with Gasteiger partial charge in [0.15, 0.2) is 0 Å². The van der Waals surface area contributed by atoms with Gasteiger partial charge in [0.2, 0.25) is 0 Å². The Morgan fingerprint density at radius 3 is 1.12 bits per heavy atom. The number of benzene rings is 8. The minimum Gasteiger partial charge on any atom is -0.309 e. The van der Waals surface area contributed by atoms with Gasteiger partial charge in [-0.05, 0) is 105 Å². The molecule has 2 heteroatoms. The summed E-state index contributed by atoms with van der Waals surface area (Å²) in [6.45, 7) is 17.1. The van der Waals surface area contributed by atoms with Crippen molar-refractivity contribution < 1.29 is 0 Å². The number of hydrogen-bond acceptors (Lipinski definition) is 0. The molecule has 2 heterocycles. The molecule has 2 aromatic heterocycles. The van der Waals surface area contributed by atoms with Crippen molar-refractivity contribution in [2.24, 2.45) is 0 Å². The molecule has 0 saturated carbocycles. The van der Waals surface area contributed by atoms with Crippen LogP contribution in [0.1, 0.15) is 61.1 Å². The molecule has 0 saturated heterocycles. The summed E-state index contributed by atoms with van der Waals surface area (Å²) in [5.41, 5.74) is 16.5. The van der Waals surface area contributed by atoms with Gasteiger partial charge < -0.3 is 9.13 Å². The molecule has 290 valence electrons. The van der Waals surface area contributed by atoms with E-state index in [0.29, 0.717) is 0 Å². The Kier molecular flexibility index (Phi) is 8.84. The average molecular weight is 773 g/mol. The largest absolute Gasteiger partial charge is 0.309 e. The molecule has 0 spiro atoms. The second-order valence-corrected chi connectivity index (χ2v) is 17.2. The van der Waals surface area contributed by atoms with Crippen molar-refractivity contribution in [3.63, 3.8) is 0 Å². The van der Waals surface area contributed by atoms with Gasteiger partial charge >= 0.3 is 0 Å². The summed E-state index contributed by atoms with van der Waals surface area (Å²) < 4.78 is 4.85. The van der Waals surface area contributed by atoms with Crippen LogP contribution in [-0.2, 0) is 10.8 Å². The molecular weight excluding hydrogens is 725 g/mol. The first-order valence-corrected chi connectivity index (χ1v) is 20.9. The Labute approximate surface area is 353 Å². The number of fused-ring (bicyclic) bond motifs is 6. The van der Waals surface area contributed by atoms with Crippen LogP contribution in [-0.4, -0.2) is 9.13 Å². The van der Waals surface area contributed by atoms with Crippen LogP contribution in [0.5, 0.6) is 0 Å². The number of nitrogens with zero attached hydrogens (tertiary/aromatic N) is 2. The van der Waals surface area contributed by atoms with Crippen molar-refractivity contribution >= 4 is 55.8 Å². The van der Waals surface area contributed by atoms with Crippen molar-refractivity contribution in [2.45, 2.75) is 38.5 Å². The number of rotatable bonds is 9. The topological polar surface area (TPSA) is 9.86 Å². The van der Waals surface area contributed by atoms with Crippen molar-refractivity contribution in [1.29, 1.82) is 0 Å². The molecule has 0 bridgehead atoms. The van der Waals surface area contributed by atoms with Gasteiger partial charge in [-0.15, -0.1) is 0 Å². The van der Waals surface area contributed by atoms with E-state index in [2.05, 4.69) is 232 Å². The number of hydrogen-bond donors (Lipinski definition) is 0. The van der Waals surface area contributed by atoms with Gasteiger partial charge in [-0.2, -0.15) is 0 Å². The monoisotopic (exact) mass is 772 g/mol. The third-order valence-corrected chi connectivity index (χ3v) is 13.1. The van der Waals surface area contributed by atoms with Crippen LogP contribution in [0, 0.1) is 0 Å². The maximum Gasteiger partial charge on any atom is 0.0541 e. The van der Waals surface area contributed by atoms with E-state index in [1.165, 1.54) is 77.0 Å². The van der Waals surface area contributed by atoms with Gasteiger partial charge in [-0.25, -0.2) is 0 Å². The van der Waals surface area contributed by atoms with Gasteiger partial charge in [-0.1, -0.05) is 174 Å².